The van der Waals surface area contributed by atoms with E-state index in [9.17, 15) is 15.0 Å². The first-order valence-corrected chi connectivity index (χ1v) is 10.4. The summed E-state index contributed by atoms with van der Waals surface area (Å²) < 4.78 is 13.1. The van der Waals surface area contributed by atoms with Crippen LogP contribution in [0, 0.1) is 3.57 Å². The number of anilines is 1. The molecule has 0 spiro atoms. The van der Waals surface area contributed by atoms with Crippen LogP contribution in [0.2, 0.25) is 0 Å². The zero-order chi connectivity index (χ0) is 21.3. The Labute approximate surface area is 185 Å². The summed E-state index contributed by atoms with van der Waals surface area (Å²) in [5, 5.41) is 28.1. The summed E-state index contributed by atoms with van der Waals surface area (Å²) in [6, 6.07) is 8.05. The fourth-order valence-corrected chi connectivity index (χ4v) is 3.93. The van der Waals surface area contributed by atoms with E-state index < -0.39 is 30.4 Å². The molecule has 3 N–H and O–H groups in total. The number of rotatable bonds is 6. The molecule has 0 saturated carbocycles. The number of fused-ring (bicyclic) bond motifs is 1. The minimum atomic E-state index is -1.42. The smallest absolute Gasteiger partial charge is 0.338 e. The molecule has 0 unspecified atom stereocenters. The predicted octanol–water partition coefficient (Wildman–Crippen LogP) is 1.07. The number of halogens is 1. The quantitative estimate of drug-likeness (QED) is 0.320. The highest BCUT2D eigenvalue weighted by atomic mass is 127. The Bertz CT molecular complexity index is 1060. The third kappa shape index (κ3) is 3.97. The van der Waals surface area contributed by atoms with Crippen LogP contribution in [0.15, 0.2) is 36.8 Å². The number of aliphatic hydroxyl groups excluding tert-OH is 2. The second kappa shape index (κ2) is 8.79. The van der Waals surface area contributed by atoms with Crippen LogP contribution in [-0.4, -0.2) is 60.7 Å². The van der Waals surface area contributed by atoms with Gasteiger partial charge in [0.05, 0.1) is 18.5 Å². The summed E-state index contributed by atoms with van der Waals surface area (Å²) >= 11 is 2.25. The molecule has 0 amide bonds. The Morgan fingerprint density at radius 2 is 2.17 bits per heavy atom. The van der Waals surface area contributed by atoms with Crippen molar-refractivity contribution in [3.05, 3.63) is 51.6 Å². The lowest BCUT2D eigenvalue weighted by molar-refractivity contribution is -0.159. The van der Waals surface area contributed by atoms with E-state index in [0.717, 1.165) is 9.13 Å². The van der Waals surface area contributed by atoms with Gasteiger partial charge < -0.3 is 25.0 Å². The standard InChI is InChI=1S/C19H20IN5O5/c1-2-29-19(28)16-14(27)13(26)15(30-16)12-8-22-18-17(23-9-24-25(12)18)21-7-10-4-3-5-11(20)6-10/h3-6,8-9,13-16,26-27H,2,7H2,1H3,(H,21,23,24)/t13-,14+,15+,16+/m1/s1. The molecule has 11 heteroatoms. The molecule has 4 atom stereocenters. The Balaban J connectivity index is 1.58. The van der Waals surface area contributed by atoms with Gasteiger partial charge in [0.25, 0.3) is 0 Å². The number of nitrogens with zero attached hydrogens (tertiary/aromatic N) is 4. The van der Waals surface area contributed by atoms with Crippen LogP contribution in [0.25, 0.3) is 5.65 Å². The third-order valence-corrected chi connectivity index (χ3v) is 5.42. The van der Waals surface area contributed by atoms with Gasteiger partial charge in [0.15, 0.2) is 17.6 Å². The molecule has 10 nitrogen and oxygen atoms in total. The van der Waals surface area contributed by atoms with E-state index in [0.29, 0.717) is 23.7 Å². The molecule has 3 heterocycles. The molecular weight excluding hydrogens is 505 g/mol. The maximum atomic E-state index is 12.0. The van der Waals surface area contributed by atoms with Gasteiger partial charge in [0.1, 0.15) is 24.6 Å². The first kappa shape index (κ1) is 20.9. The Morgan fingerprint density at radius 3 is 2.93 bits per heavy atom. The number of aliphatic hydroxyl groups is 2. The number of ether oxygens (including phenoxy) is 2. The fraction of sp³-hybridized carbons (Fsp3) is 0.368. The Kier molecular flexibility index (Phi) is 6.13. The number of hydrogen-bond donors (Lipinski definition) is 3. The molecule has 0 aliphatic carbocycles. The summed E-state index contributed by atoms with van der Waals surface area (Å²) in [6.07, 6.45) is -2.19. The number of hydrogen-bond acceptors (Lipinski definition) is 9. The normalized spacial score (nSPS) is 23.6. The molecule has 1 fully saturated rings. The number of carbonyl (C=O) groups excluding carboxylic acids is 1. The van der Waals surface area contributed by atoms with Crippen molar-refractivity contribution < 1.29 is 24.5 Å². The van der Waals surface area contributed by atoms with Crippen molar-refractivity contribution in [1.29, 1.82) is 0 Å². The van der Waals surface area contributed by atoms with Gasteiger partial charge in [-0.3, -0.25) is 0 Å². The molecular formula is C19H20IN5O5. The molecule has 1 aliphatic heterocycles. The Hall–Kier alpha value is -2.35. The SMILES string of the molecule is CCOC(=O)[C@H]1O[C@@H](c2cnc3c(NCc4cccc(I)c4)ncnn23)[C@H](O)[C@@H]1O. The fourth-order valence-electron chi connectivity index (χ4n) is 3.33. The van der Waals surface area contributed by atoms with E-state index in [1.165, 1.54) is 17.0 Å². The molecule has 3 aromatic rings. The van der Waals surface area contributed by atoms with Crippen molar-refractivity contribution in [3.63, 3.8) is 0 Å². The lowest BCUT2D eigenvalue weighted by Crippen LogP contribution is -2.36. The van der Waals surface area contributed by atoms with Gasteiger partial charge in [-0.15, -0.1) is 0 Å². The zero-order valence-corrected chi connectivity index (χ0v) is 18.1. The number of imidazole rings is 1. The molecule has 2 aromatic heterocycles. The highest BCUT2D eigenvalue weighted by molar-refractivity contribution is 14.1. The van der Waals surface area contributed by atoms with E-state index in [2.05, 4.69) is 49.0 Å². The highest BCUT2D eigenvalue weighted by Gasteiger charge is 2.49. The van der Waals surface area contributed by atoms with E-state index in [4.69, 9.17) is 9.47 Å². The zero-order valence-electron chi connectivity index (χ0n) is 16.0. The van der Waals surface area contributed by atoms with E-state index in [-0.39, 0.29) is 6.61 Å². The summed E-state index contributed by atoms with van der Waals surface area (Å²) in [7, 11) is 0. The molecule has 30 heavy (non-hydrogen) atoms. The molecule has 0 radical (unpaired) electrons. The summed E-state index contributed by atoms with van der Waals surface area (Å²) in [4.78, 5) is 20.6. The van der Waals surface area contributed by atoms with E-state index in [1.54, 1.807) is 6.92 Å². The third-order valence-electron chi connectivity index (χ3n) is 4.75. The minimum absolute atomic E-state index is 0.143. The monoisotopic (exact) mass is 525 g/mol. The average molecular weight is 525 g/mol. The topological polar surface area (TPSA) is 131 Å². The molecule has 1 saturated heterocycles. The summed E-state index contributed by atoms with van der Waals surface area (Å²) in [6.45, 7) is 2.34. The molecule has 1 aliphatic rings. The van der Waals surface area contributed by atoms with Crippen molar-refractivity contribution in [3.8, 4) is 0 Å². The van der Waals surface area contributed by atoms with Gasteiger partial charge in [0, 0.05) is 10.1 Å². The van der Waals surface area contributed by atoms with Crippen LogP contribution in [0.1, 0.15) is 24.3 Å². The van der Waals surface area contributed by atoms with Gasteiger partial charge in [-0.05, 0) is 47.2 Å². The molecule has 4 rings (SSSR count). The number of carbonyl (C=O) groups is 1. The van der Waals surface area contributed by atoms with Crippen LogP contribution >= 0.6 is 22.6 Å². The average Bonchev–Trinajstić information content (AvgIpc) is 3.28. The minimum Gasteiger partial charge on any atom is -0.464 e. The van der Waals surface area contributed by atoms with Crippen LogP contribution < -0.4 is 5.32 Å². The van der Waals surface area contributed by atoms with Crippen LogP contribution in [0.3, 0.4) is 0 Å². The highest BCUT2D eigenvalue weighted by Crippen LogP contribution is 2.34. The van der Waals surface area contributed by atoms with Crippen LogP contribution in [-0.2, 0) is 20.8 Å². The largest absolute Gasteiger partial charge is 0.464 e. The number of esters is 1. The Morgan fingerprint density at radius 1 is 1.33 bits per heavy atom. The first-order valence-electron chi connectivity index (χ1n) is 9.34. The maximum absolute atomic E-state index is 12.0. The van der Waals surface area contributed by atoms with Crippen molar-refractivity contribution in [2.24, 2.45) is 0 Å². The van der Waals surface area contributed by atoms with Gasteiger partial charge in [-0.25, -0.2) is 19.3 Å². The summed E-state index contributed by atoms with van der Waals surface area (Å²) in [5.41, 5.74) is 1.91. The van der Waals surface area contributed by atoms with Gasteiger partial charge in [0.2, 0.25) is 0 Å². The molecule has 1 aromatic carbocycles. The second-order valence-electron chi connectivity index (χ2n) is 6.72. The predicted molar refractivity (Wildman–Crippen MR) is 114 cm³/mol. The van der Waals surface area contributed by atoms with Crippen molar-refractivity contribution >= 4 is 40.0 Å². The number of aromatic nitrogens is 4. The lowest BCUT2D eigenvalue weighted by Gasteiger charge is -2.13. The van der Waals surface area contributed by atoms with Gasteiger partial charge >= 0.3 is 5.97 Å². The van der Waals surface area contributed by atoms with E-state index in [1.807, 2.05) is 18.2 Å². The van der Waals surface area contributed by atoms with Gasteiger partial charge in [-0.2, -0.15) is 5.10 Å². The van der Waals surface area contributed by atoms with Crippen molar-refractivity contribution in [1.82, 2.24) is 19.6 Å². The van der Waals surface area contributed by atoms with Crippen LogP contribution in [0.5, 0.6) is 0 Å². The maximum Gasteiger partial charge on any atom is 0.338 e. The van der Waals surface area contributed by atoms with Crippen molar-refractivity contribution in [2.45, 2.75) is 37.9 Å². The second-order valence-corrected chi connectivity index (χ2v) is 7.97. The lowest BCUT2D eigenvalue weighted by atomic mass is 10.1. The molecule has 158 valence electrons. The number of benzene rings is 1. The van der Waals surface area contributed by atoms with Gasteiger partial charge in [-0.1, -0.05) is 12.1 Å². The van der Waals surface area contributed by atoms with Crippen molar-refractivity contribution in [2.75, 3.05) is 11.9 Å². The van der Waals surface area contributed by atoms with E-state index >= 15 is 0 Å². The first-order chi connectivity index (χ1) is 14.5. The number of nitrogens with one attached hydrogen (secondary N) is 1. The molecule has 0 bridgehead atoms. The van der Waals surface area contributed by atoms with Crippen LogP contribution in [0.4, 0.5) is 5.82 Å². The summed E-state index contributed by atoms with van der Waals surface area (Å²) in [5.74, 6) is -0.222.